The number of nitrogens with zero attached hydrogens (tertiary/aromatic N) is 1. The quantitative estimate of drug-likeness (QED) is 0.801. The van der Waals surface area contributed by atoms with E-state index in [2.05, 4.69) is 24.1 Å². The van der Waals surface area contributed by atoms with Crippen LogP contribution in [0.4, 0.5) is 0 Å². The maximum absolute atomic E-state index is 12.1. The first-order valence-electron chi connectivity index (χ1n) is 6.93. The number of aromatic nitrogens is 1. The van der Waals surface area contributed by atoms with Gasteiger partial charge in [0.15, 0.2) is 0 Å². The van der Waals surface area contributed by atoms with E-state index in [-0.39, 0.29) is 11.8 Å². The lowest BCUT2D eigenvalue weighted by molar-refractivity contribution is 0.0946. The van der Waals surface area contributed by atoms with Crippen molar-refractivity contribution in [2.75, 3.05) is 6.54 Å². The molecule has 1 aromatic rings. The van der Waals surface area contributed by atoms with Crippen LogP contribution in [0.25, 0.3) is 0 Å². The number of hydrogen-bond acceptors (Lipinski definition) is 2. The van der Waals surface area contributed by atoms with E-state index in [0.29, 0.717) is 23.2 Å². The molecule has 0 unspecified atom stereocenters. The fourth-order valence-electron chi connectivity index (χ4n) is 1.86. The van der Waals surface area contributed by atoms with Gasteiger partial charge in [-0.2, -0.15) is 0 Å². The first kappa shape index (κ1) is 16.0. The number of hydrogen-bond donors (Lipinski definition) is 1. The number of carbonyl (C=O) groups excluding carboxylic acids is 1. The van der Waals surface area contributed by atoms with E-state index in [1.54, 1.807) is 6.07 Å². The molecule has 4 heteroatoms. The van der Waals surface area contributed by atoms with Crippen LogP contribution in [0.1, 0.15) is 62.5 Å². The molecule has 3 nitrogen and oxygen atoms in total. The molecule has 0 aliphatic carbocycles. The Morgan fingerprint density at radius 3 is 2.47 bits per heavy atom. The Balaban J connectivity index is 2.76. The zero-order valence-electron chi connectivity index (χ0n) is 12.2. The second-order valence-electron chi connectivity index (χ2n) is 5.15. The van der Waals surface area contributed by atoms with E-state index < -0.39 is 0 Å². The van der Waals surface area contributed by atoms with Crippen LogP contribution in [-0.2, 0) is 0 Å². The molecule has 1 N–H and O–H groups in total. The van der Waals surface area contributed by atoms with Gasteiger partial charge < -0.3 is 5.32 Å². The van der Waals surface area contributed by atoms with E-state index in [0.717, 1.165) is 18.5 Å². The monoisotopic (exact) mass is 282 g/mol. The van der Waals surface area contributed by atoms with Crippen molar-refractivity contribution >= 4 is 17.5 Å². The maximum Gasteiger partial charge on any atom is 0.251 e. The summed E-state index contributed by atoms with van der Waals surface area (Å²) < 4.78 is 0. The van der Waals surface area contributed by atoms with Gasteiger partial charge in [-0.1, -0.05) is 52.1 Å². The van der Waals surface area contributed by atoms with Crippen molar-refractivity contribution in [2.24, 2.45) is 5.92 Å². The van der Waals surface area contributed by atoms with Crippen molar-refractivity contribution < 1.29 is 4.79 Å². The molecule has 106 valence electrons. The zero-order chi connectivity index (χ0) is 14.4. The summed E-state index contributed by atoms with van der Waals surface area (Å²) in [7, 11) is 0. The highest BCUT2D eigenvalue weighted by atomic mass is 35.5. The SMILES string of the molecule is CCC(CC)CNC(=O)c1cc(Cl)nc(C(C)C)c1. The fourth-order valence-corrected chi connectivity index (χ4v) is 2.08. The van der Waals surface area contributed by atoms with E-state index in [9.17, 15) is 4.79 Å². The van der Waals surface area contributed by atoms with Gasteiger partial charge in [-0.15, -0.1) is 0 Å². The molecule has 0 spiro atoms. The highest BCUT2D eigenvalue weighted by molar-refractivity contribution is 6.29. The number of nitrogens with one attached hydrogen (secondary N) is 1. The van der Waals surface area contributed by atoms with Crippen molar-refractivity contribution in [3.8, 4) is 0 Å². The molecule has 0 saturated carbocycles. The van der Waals surface area contributed by atoms with E-state index >= 15 is 0 Å². The molecule has 0 aliphatic heterocycles. The lowest BCUT2D eigenvalue weighted by Gasteiger charge is -2.14. The summed E-state index contributed by atoms with van der Waals surface area (Å²) in [6.07, 6.45) is 2.15. The molecule has 0 saturated heterocycles. The third-order valence-electron chi connectivity index (χ3n) is 3.37. The summed E-state index contributed by atoms with van der Waals surface area (Å²) in [5.74, 6) is 0.716. The number of halogens is 1. The minimum Gasteiger partial charge on any atom is -0.352 e. The van der Waals surface area contributed by atoms with Gasteiger partial charge in [0.2, 0.25) is 0 Å². The Hall–Kier alpha value is -1.09. The Bertz CT molecular complexity index is 428. The zero-order valence-corrected chi connectivity index (χ0v) is 12.9. The first-order chi connectivity index (χ1) is 8.97. The molecular weight excluding hydrogens is 260 g/mol. The van der Waals surface area contributed by atoms with Gasteiger partial charge in [-0.3, -0.25) is 4.79 Å². The third-order valence-corrected chi connectivity index (χ3v) is 3.57. The van der Waals surface area contributed by atoms with Gasteiger partial charge in [0.05, 0.1) is 0 Å². The average molecular weight is 283 g/mol. The molecule has 0 radical (unpaired) electrons. The molecule has 1 heterocycles. The van der Waals surface area contributed by atoms with Crippen LogP contribution in [0.3, 0.4) is 0 Å². The smallest absolute Gasteiger partial charge is 0.251 e. The average Bonchev–Trinajstić information content (AvgIpc) is 2.38. The molecule has 0 aromatic carbocycles. The number of amides is 1. The predicted molar refractivity (Wildman–Crippen MR) is 79.7 cm³/mol. The lowest BCUT2D eigenvalue weighted by atomic mass is 10.0. The summed E-state index contributed by atoms with van der Waals surface area (Å²) in [4.78, 5) is 16.3. The molecule has 1 amide bonds. The van der Waals surface area contributed by atoms with Crippen molar-refractivity contribution in [1.82, 2.24) is 10.3 Å². The summed E-state index contributed by atoms with van der Waals surface area (Å²) in [6.45, 7) is 9.05. The van der Waals surface area contributed by atoms with Gasteiger partial charge in [-0.25, -0.2) is 4.98 Å². The van der Waals surface area contributed by atoms with Crippen LogP contribution in [0.15, 0.2) is 12.1 Å². The Morgan fingerprint density at radius 1 is 1.32 bits per heavy atom. The number of rotatable bonds is 6. The summed E-state index contributed by atoms with van der Waals surface area (Å²) in [6, 6.07) is 3.44. The highest BCUT2D eigenvalue weighted by Crippen LogP contribution is 2.17. The van der Waals surface area contributed by atoms with Crippen molar-refractivity contribution in [2.45, 2.75) is 46.5 Å². The Morgan fingerprint density at radius 2 is 1.95 bits per heavy atom. The van der Waals surface area contributed by atoms with Crippen LogP contribution in [-0.4, -0.2) is 17.4 Å². The molecule has 0 atom stereocenters. The van der Waals surface area contributed by atoms with Gasteiger partial charge >= 0.3 is 0 Å². The lowest BCUT2D eigenvalue weighted by Crippen LogP contribution is -2.29. The molecular formula is C15H23ClN2O. The van der Waals surface area contributed by atoms with E-state index in [4.69, 9.17) is 11.6 Å². The van der Waals surface area contributed by atoms with Crippen molar-refractivity contribution in [1.29, 1.82) is 0 Å². The largest absolute Gasteiger partial charge is 0.352 e. The molecule has 0 aliphatic rings. The van der Waals surface area contributed by atoms with Gasteiger partial charge in [0.25, 0.3) is 5.91 Å². The normalized spacial score (nSPS) is 11.1. The second kappa shape index (κ2) is 7.49. The van der Waals surface area contributed by atoms with Crippen LogP contribution in [0.2, 0.25) is 5.15 Å². The highest BCUT2D eigenvalue weighted by Gasteiger charge is 2.12. The molecule has 19 heavy (non-hydrogen) atoms. The Kier molecular flexibility index (Phi) is 6.29. The van der Waals surface area contributed by atoms with Crippen LogP contribution < -0.4 is 5.32 Å². The predicted octanol–water partition coefficient (Wildman–Crippen LogP) is 4.02. The molecule has 0 fully saturated rings. The van der Waals surface area contributed by atoms with Crippen molar-refractivity contribution in [3.63, 3.8) is 0 Å². The standard InChI is InChI=1S/C15H23ClN2O/c1-5-11(6-2)9-17-15(19)12-7-13(10(3)4)18-14(16)8-12/h7-8,10-11H,5-6,9H2,1-4H3,(H,17,19). The topological polar surface area (TPSA) is 42.0 Å². The molecule has 0 bridgehead atoms. The third kappa shape index (κ3) is 4.83. The first-order valence-corrected chi connectivity index (χ1v) is 7.31. The fraction of sp³-hybridized carbons (Fsp3) is 0.600. The second-order valence-corrected chi connectivity index (χ2v) is 5.54. The molecule has 1 aromatic heterocycles. The maximum atomic E-state index is 12.1. The number of pyridine rings is 1. The van der Waals surface area contributed by atoms with Crippen molar-refractivity contribution in [3.05, 3.63) is 28.5 Å². The minimum absolute atomic E-state index is 0.0712. The van der Waals surface area contributed by atoms with Crippen LogP contribution in [0, 0.1) is 5.92 Å². The van der Waals surface area contributed by atoms with Crippen LogP contribution in [0.5, 0.6) is 0 Å². The van der Waals surface area contributed by atoms with Gasteiger partial charge in [0.1, 0.15) is 5.15 Å². The van der Waals surface area contributed by atoms with E-state index in [1.165, 1.54) is 0 Å². The van der Waals surface area contributed by atoms with Crippen LogP contribution >= 0.6 is 11.6 Å². The van der Waals surface area contributed by atoms with Gasteiger partial charge in [0, 0.05) is 17.8 Å². The summed E-state index contributed by atoms with van der Waals surface area (Å²) >= 11 is 5.96. The van der Waals surface area contributed by atoms with Gasteiger partial charge in [-0.05, 0) is 24.0 Å². The molecule has 1 rings (SSSR count). The summed E-state index contributed by atoms with van der Waals surface area (Å²) in [5, 5.41) is 3.34. The van der Waals surface area contributed by atoms with E-state index in [1.807, 2.05) is 19.9 Å². The number of carbonyl (C=O) groups is 1. The Labute approximate surface area is 120 Å². The summed E-state index contributed by atoms with van der Waals surface area (Å²) in [5.41, 5.74) is 1.44. The minimum atomic E-state index is -0.0712.